The van der Waals surface area contributed by atoms with Gasteiger partial charge in [-0.25, -0.2) is 4.79 Å². The Labute approximate surface area is 117 Å². The molecular formula is C14H22F2O4. The van der Waals surface area contributed by atoms with Crippen LogP contribution in [0.5, 0.6) is 0 Å². The van der Waals surface area contributed by atoms with Gasteiger partial charge in [0.15, 0.2) is 0 Å². The van der Waals surface area contributed by atoms with Gasteiger partial charge in [0.25, 0.3) is 0 Å². The van der Waals surface area contributed by atoms with Crippen LogP contribution in [0, 0.1) is 5.92 Å². The van der Waals surface area contributed by atoms with Crippen molar-refractivity contribution in [1.82, 2.24) is 0 Å². The molecule has 4 nitrogen and oxygen atoms in total. The summed E-state index contributed by atoms with van der Waals surface area (Å²) in [5.74, 6) is -7.63. The first-order chi connectivity index (χ1) is 9.45. The van der Waals surface area contributed by atoms with Crippen LogP contribution in [-0.2, 0) is 19.1 Å². The van der Waals surface area contributed by atoms with E-state index in [2.05, 4.69) is 4.74 Å². The fourth-order valence-corrected chi connectivity index (χ4v) is 2.54. The van der Waals surface area contributed by atoms with Crippen LogP contribution in [0.3, 0.4) is 0 Å². The monoisotopic (exact) mass is 292 g/mol. The SMILES string of the molecule is CCOC(=O)C(F)(F)C(=O)C(OCC)C1CCCCC1. The summed E-state index contributed by atoms with van der Waals surface area (Å²) in [6, 6.07) is 0. The first-order valence-corrected chi connectivity index (χ1v) is 7.16. The Bertz CT molecular complexity index is 338. The van der Waals surface area contributed by atoms with E-state index in [4.69, 9.17) is 4.74 Å². The molecule has 1 atom stereocenters. The first-order valence-electron chi connectivity index (χ1n) is 7.16. The van der Waals surface area contributed by atoms with Crippen molar-refractivity contribution in [3.05, 3.63) is 0 Å². The molecule has 0 N–H and O–H groups in total. The van der Waals surface area contributed by atoms with Gasteiger partial charge in [0.1, 0.15) is 6.10 Å². The maximum atomic E-state index is 13.8. The van der Waals surface area contributed by atoms with Gasteiger partial charge in [0, 0.05) is 6.61 Å². The molecule has 1 saturated carbocycles. The highest BCUT2D eigenvalue weighted by Gasteiger charge is 2.53. The molecule has 6 heteroatoms. The number of alkyl halides is 2. The van der Waals surface area contributed by atoms with Gasteiger partial charge < -0.3 is 9.47 Å². The smallest absolute Gasteiger partial charge is 0.402 e. The Kier molecular flexibility index (Phi) is 6.52. The second-order valence-electron chi connectivity index (χ2n) is 4.93. The molecule has 0 aromatic heterocycles. The number of ether oxygens (including phenoxy) is 2. The zero-order chi connectivity index (χ0) is 15.2. The predicted octanol–water partition coefficient (Wildman–Crippen LogP) is 2.74. The summed E-state index contributed by atoms with van der Waals surface area (Å²) >= 11 is 0. The normalized spacial score (nSPS) is 18.6. The fourth-order valence-electron chi connectivity index (χ4n) is 2.54. The highest BCUT2D eigenvalue weighted by molar-refractivity contribution is 6.07. The standard InChI is InChI=1S/C14H22F2O4/c1-3-19-11(10-8-6-5-7-9-10)12(17)14(15,16)13(18)20-4-2/h10-11H,3-9H2,1-2H3. The number of hydrogen-bond acceptors (Lipinski definition) is 4. The van der Waals surface area contributed by atoms with Crippen LogP contribution in [0.25, 0.3) is 0 Å². The third kappa shape index (κ3) is 3.98. The number of ketones is 1. The first kappa shape index (κ1) is 17.0. The Morgan fingerprint density at radius 1 is 1.15 bits per heavy atom. The zero-order valence-electron chi connectivity index (χ0n) is 12.0. The Morgan fingerprint density at radius 2 is 1.75 bits per heavy atom. The lowest BCUT2D eigenvalue weighted by atomic mass is 9.82. The van der Waals surface area contributed by atoms with Gasteiger partial charge in [-0.05, 0) is 32.6 Å². The number of Topliss-reactive ketones (excluding diaryl/α,β-unsaturated/α-hetero) is 1. The summed E-state index contributed by atoms with van der Waals surface area (Å²) < 4.78 is 37.1. The molecule has 0 spiro atoms. The average molecular weight is 292 g/mol. The van der Waals surface area contributed by atoms with Crippen molar-refractivity contribution in [2.24, 2.45) is 5.92 Å². The number of carbonyl (C=O) groups excluding carboxylic acids is 2. The van der Waals surface area contributed by atoms with E-state index in [1.807, 2.05) is 0 Å². The van der Waals surface area contributed by atoms with E-state index in [9.17, 15) is 18.4 Å². The molecule has 1 rings (SSSR count). The quantitative estimate of drug-likeness (QED) is 0.535. The molecule has 0 bridgehead atoms. The highest BCUT2D eigenvalue weighted by atomic mass is 19.3. The minimum atomic E-state index is -4.13. The van der Waals surface area contributed by atoms with Crippen LogP contribution in [-0.4, -0.2) is 37.0 Å². The Morgan fingerprint density at radius 3 is 2.25 bits per heavy atom. The Balaban J connectivity index is 2.83. The number of hydrogen-bond donors (Lipinski definition) is 0. The van der Waals surface area contributed by atoms with Crippen LogP contribution in [0.4, 0.5) is 8.78 Å². The molecule has 0 amide bonds. The molecule has 116 valence electrons. The van der Waals surface area contributed by atoms with E-state index >= 15 is 0 Å². The summed E-state index contributed by atoms with van der Waals surface area (Å²) in [4.78, 5) is 23.2. The molecule has 0 aromatic rings. The van der Waals surface area contributed by atoms with E-state index in [1.165, 1.54) is 6.92 Å². The maximum Gasteiger partial charge on any atom is 0.402 e. The van der Waals surface area contributed by atoms with Gasteiger partial charge in [-0.15, -0.1) is 0 Å². The third-order valence-corrected chi connectivity index (χ3v) is 3.52. The summed E-state index contributed by atoms with van der Waals surface area (Å²) in [6.45, 7) is 3.03. The molecule has 0 heterocycles. The van der Waals surface area contributed by atoms with E-state index < -0.39 is 23.8 Å². The van der Waals surface area contributed by atoms with Crippen molar-refractivity contribution >= 4 is 11.8 Å². The van der Waals surface area contributed by atoms with Crippen molar-refractivity contribution in [3.63, 3.8) is 0 Å². The van der Waals surface area contributed by atoms with E-state index in [-0.39, 0.29) is 19.1 Å². The molecule has 0 aliphatic heterocycles. The van der Waals surface area contributed by atoms with Gasteiger partial charge in [-0.1, -0.05) is 19.3 Å². The number of rotatable bonds is 7. The second kappa shape index (κ2) is 7.67. The van der Waals surface area contributed by atoms with Gasteiger partial charge in [-0.2, -0.15) is 8.78 Å². The molecule has 20 heavy (non-hydrogen) atoms. The van der Waals surface area contributed by atoms with E-state index in [0.717, 1.165) is 19.3 Å². The van der Waals surface area contributed by atoms with Crippen LogP contribution < -0.4 is 0 Å². The van der Waals surface area contributed by atoms with Gasteiger partial charge in [0.2, 0.25) is 5.78 Å². The Hall–Kier alpha value is -1.04. The minimum absolute atomic E-state index is 0.159. The number of esters is 1. The lowest BCUT2D eigenvalue weighted by molar-refractivity contribution is -0.183. The van der Waals surface area contributed by atoms with Crippen molar-refractivity contribution in [2.45, 2.75) is 58.0 Å². The fraction of sp³-hybridized carbons (Fsp3) is 0.857. The lowest BCUT2D eigenvalue weighted by Crippen LogP contribution is -2.49. The number of halogens is 2. The van der Waals surface area contributed by atoms with Crippen LogP contribution in [0.1, 0.15) is 46.0 Å². The maximum absolute atomic E-state index is 13.8. The van der Waals surface area contributed by atoms with Crippen molar-refractivity contribution in [2.75, 3.05) is 13.2 Å². The van der Waals surface area contributed by atoms with Crippen molar-refractivity contribution in [1.29, 1.82) is 0 Å². The zero-order valence-corrected chi connectivity index (χ0v) is 12.0. The van der Waals surface area contributed by atoms with E-state index in [1.54, 1.807) is 6.92 Å². The molecule has 1 unspecified atom stereocenters. The van der Waals surface area contributed by atoms with Gasteiger partial charge >= 0.3 is 11.9 Å². The lowest BCUT2D eigenvalue weighted by Gasteiger charge is -2.30. The highest BCUT2D eigenvalue weighted by Crippen LogP contribution is 2.32. The van der Waals surface area contributed by atoms with Crippen LogP contribution in [0.2, 0.25) is 0 Å². The van der Waals surface area contributed by atoms with Crippen molar-refractivity contribution in [3.8, 4) is 0 Å². The topological polar surface area (TPSA) is 52.6 Å². The summed E-state index contributed by atoms with van der Waals surface area (Å²) in [6.07, 6.45) is 2.96. The molecule has 0 saturated heterocycles. The largest absolute Gasteiger partial charge is 0.461 e. The molecule has 0 aromatic carbocycles. The summed E-state index contributed by atoms with van der Waals surface area (Å²) in [5, 5.41) is 0. The number of carbonyl (C=O) groups is 2. The second-order valence-corrected chi connectivity index (χ2v) is 4.93. The molecule has 1 aliphatic carbocycles. The minimum Gasteiger partial charge on any atom is -0.461 e. The molecule has 0 radical (unpaired) electrons. The summed E-state index contributed by atoms with van der Waals surface area (Å²) in [5.41, 5.74) is 0. The van der Waals surface area contributed by atoms with Crippen molar-refractivity contribution < 1.29 is 27.8 Å². The summed E-state index contributed by atoms with van der Waals surface area (Å²) in [7, 11) is 0. The van der Waals surface area contributed by atoms with Gasteiger partial charge in [0.05, 0.1) is 6.61 Å². The van der Waals surface area contributed by atoms with Gasteiger partial charge in [-0.3, -0.25) is 4.79 Å². The average Bonchev–Trinajstić information content (AvgIpc) is 2.45. The molecule has 1 fully saturated rings. The third-order valence-electron chi connectivity index (χ3n) is 3.52. The van der Waals surface area contributed by atoms with E-state index in [0.29, 0.717) is 12.8 Å². The molecule has 1 aliphatic rings. The van der Waals surface area contributed by atoms with Crippen LogP contribution >= 0.6 is 0 Å². The predicted molar refractivity (Wildman–Crippen MR) is 68.6 cm³/mol. The molecular weight excluding hydrogens is 270 g/mol. The van der Waals surface area contributed by atoms with Crippen LogP contribution in [0.15, 0.2) is 0 Å².